The lowest BCUT2D eigenvalue weighted by atomic mass is 10.1. The van der Waals surface area contributed by atoms with Crippen molar-refractivity contribution >= 4 is 41.1 Å². The lowest BCUT2D eigenvalue weighted by Crippen LogP contribution is -2.68. The molecule has 0 radical (unpaired) electrons. The van der Waals surface area contributed by atoms with Gasteiger partial charge in [0, 0.05) is 0 Å². The third-order valence-electron chi connectivity index (χ3n) is 3.13. The van der Waals surface area contributed by atoms with Gasteiger partial charge in [-0.05, 0) is 11.0 Å². The molecular weight excluding hydrogens is 342 g/mol. The highest BCUT2D eigenvalue weighted by atomic mass is 35.5. The van der Waals surface area contributed by atoms with Crippen molar-refractivity contribution in [1.82, 2.24) is 10.6 Å². The van der Waals surface area contributed by atoms with Gasteiger partial charge in [-0.25, -0.2) is 4.79 Å². The Balaban J connectivity index is 1.95. The Morgan fingerprint density at radius 3 is 2.61 bits per heavy atom. The number of rotatable bonds is 6. The molecule has 1 aromatic rings. The molecule has 0 saturated carbocycles. The van der Waals surface area contributed by atoms with Crippen LogP contribution in [0.3, 0.4) is 0 Å². The van der Waals surface area contributed by atoms with E-state index in [-0.39, 0.29) is 10.9 Å². The Bertz CT molecular complexity index is 653. The monoisotopic (exact) mass is 355 g/mol. The molecule has 1 saturated heterocycles. The summed E-state index contributed by atoms with van der Waals surface area (Å²) in [5, 5.41) is 14.1. The van der Waals surface area contributed by atoms with Crippen molar-refractivity contribution in [2.24, 2.45) is 5.73 Å². The summed E-state index contributed by atoms with van der Waals surface area (Å²) < 4.78 is 0. The van der Waals surface area contributed by atoms with E-state index in [4.69, 9.17) is 22.4 Å². The third-order valence-corrected chi connectivity index (χ3v) is 4.59. The largest absolute Gasteiger partial charge is 0.477 e. The van der Waals surface area contributed by atoms with Crippen molar-refractivity contribution in [3.8, 4) is 0 Å². The Morgan fingerprint density at radius 2 is 2.04 bits per heavy atom. The second-order valence-electron chi connectivity index (χ2n) is 4.71. The number of hydrogen-bond donors (Lipinski definition) is 4. The van der Waals surface area contributed by atoms with Gasteiger partial charge in [-0.15, -0.1) is 11.8 Å². The van der Waals surface area contributed by atoms with Gasteiger partial charge in [-0.1, -0.05) is 41.9 Å². The molecule has 23 heavy (non-hydrogen) atoms. The molecule has 0 bridgehead atoms. The first-order valence-electron chi connectivity index (χ1n) is 6.56. The molecule has 1 fully saturated rings. The van der Waals surface area contributed by atoms with E-state index in [1.165, 1.54) is 5.41 Å². The summed E-state index contributed by atoms with van der Waals surface area (Å²) >= 11 is 6.48. The number of carboxylic acids is 1. The number of carboxylic acid groups (broad SMARTS) is 1. The Morgan fingerprint density at radius 1 is 1.39 bits per heavy atom. The van der Waals surface area contributed by atoms with Crippen LogP contribution >= 0.6 is 23.4 Å². The summed E-state index contributed by atoms with van der Waals surface area (Å²) in [6.07, 6.45) is 0. The van der Waals surface area contributed by atoms with Crippen molar-refractivity contribution in [2.75, 3.05) is 0 Å². The Hall–Kier alpha value is -2.03. The number of carbonyl (C=O) groups is 3. The maximum atomic E-state index is 12.1. The highest BCUT2D eigenvalue weighted by Gasteiger charge is 2.41. The van der Waals surface area contributed by atoms with Crippen LogP contribution in [0.25, 0.3) is 0 Å². The molecule has 0 aliphatic carbocycles. The van der Waals surface area contributed by atoms with Gasteiger partial charge in [0.25, 0.3) is 0 Å². The molecule has 1 aliphatic heterocycles. The van der Waals surface area contributed by atoms with Crippen LogP contribution in [0.15, 0.2) is 40.8 Å². The topological polar surface area (TPSA) is 122 Å². The second-order valence-corrected chi connectivity index (χ2v) is 6.13. The number of carbonyl (C=O) groups excluding carboxylic acids is 2. The number of thioether (sulfide) groups is 1. The van der Waals surface area contributed by atoms with E-state index in [9.17, 15) is 14.4 Å². The molecule has 3 unspecified atom stereocenters. The molecule has 5 N–H and O–H groups in total. The van der Waals surface area contributed by atoms with Gasteiger partial charge >= 0.3 is 5.97 Å². The molecule has 1 aromatic carbocycles. The molecule has 7 nitrogen and oxygen atoms in total. The standard InChI is InChI=1S/C14H14ClN3O4S/c15-8(14(21)22)6-23-13-10(12(20)18-13)17-11(19)9(16)7-4-2-1-3-5-7/h1-6,9-10,13H,16H2,(H,17,19)(H,18,20)(H,21,22)/b8-6-. The average molecular weight is 356 g/mol. The van der Waals surface area contributed by atoms with E-state index in [0.29, 0.717) is 5.56 Å². The highest BCUT2D eigenvalue weighted by molar-refractivity contribution is 8.03. The first-order valence-corrected chi connectivity index (χ1v) is 7.88. The summed E-state index contributed by atoms with van der Waals surface area (Å²) in [5.41, 5.74) is 6.48. The van der Waals surface area contributed by atoms with E-state index in [2.05, 4.69) is 10.6 Å². The Kier molecular flexibility index (Phi) is 5.64. The molecule has 3 atom stereocenters. The predicted molar refractivity (Wildman–Crippen MR) is 86.4 cm³/mol. The van der Waals surface area contributed by atoms with E-state index in [0.717, 1.165) is 11.8 Å². The number of nitrogens with two attached hydrogens (primary N) is 1. The molecule has 122 valence electrons. The van der Waals surface area contributed by atoms with Gasteiger partial charge in [-0.3, -0.25) is 9.59 Å². The lowest BCUT2D eigenvalue weighted by Gasteiger charge is -2.36. The number of β-lactam (4-membered cyclic amide) rings is 1. The van der Waals surface area contributed by atoms with Crippen LogP contribution in [0.4, 0.5) is 0 Å². The van der Waals surface area contributed by atoms with Gasteiger partial charge in [0.15, 0.2) is 0 Å². The third kappa shape index (κ3) is 4.25. The Labute approximate surface area is 141 Å². The maximum Gasteiger partial charge on any atom is 0.347 e. The van der Waals surface area contributed by atoms with Crippen molar-refractivity contribution in [1.29, 1.82) is 0 Å². The SMILES string of the molecule is NC(C(=O)NC1C(=O)NC1S/C=C(\Cl)C(=O)O)c1ccccc1. The van der Waals surface area contributed by atoms with Crippen LogP contribution in [0.1, 0.15) is 11.6 Å². The van der Waals surface area contributed by atoms with Gasteiger partial charge in [0.2, 0.25) is 11.8 Å². The van der Waals surface area contributed by atoms with E-state index in [1.54, 1.807) is 30.3 Å². The van der Waals surface area contributed by atoms with Crippen LogP contribution in [-0.2, 0) is 14.4 Å². The van der Waals surface area contributed by atoms with Crippen molar-refractivity contribution in [3.63, 3.8) is 0 Å². The predicted octanol–water partition coefficient (Wildman–Crippen LogP) is 0.525. The van der Waals surface area contributed by atoms with Crippen LogP contribution < -0.4 is 16.4 Å². The fraction of sp³-hybridized carbons (Fsp3) is 0.214. The fourth-order valence-corrected chi connectivity index (χ4v) is 2.90. The zero-order valence-electron chi connectivity index (χ0n) is 11.7. The second kappa shape index (κ2) is 7.49. The minimum absolute atomic E-state index is 0.365. The molecule has 2 rings (SSSR count). The van der Waals surface area contributed by atoms with Gasteiger partial charge in [0.1, 0.15) is 22.5 Å². The lowest BCUT2D eigenvalue weighted by molar-refractivity contribution is -0.134. The summed E-state index contributed by atoms with van der Waals surface area (Å²) in [5.74, 6) is -2.12. The summed E-state index contributed by atoms with van der Waals surface area (Å²) in [6, 6.07) is 7.06. The van der Waals surface area contributed by atoms with Gasteiger partial charge in [0.05, 0.1) is 0 Å². The number of amides is 2. The van der Waals surface area contributed by atoms with Gasteiger partial charge < -0.3 is 21.5 Å². The zero-order valence-corrected chi connectivity index (χ0v) is 13.3. The normalized spacial score (nSPS) is 21.8. The molecular formula is C14H14ClN3O4S. The molecule has 2 amide bonds. The number of halogens is 1. The molecule has 0 aromatic heterocycles. The number of aliphatic carboxylic acids is 1. The van der Waals surface area contributed by atoms with E-state index < -0.39 is 29.3 Å². The van der Waals surface area contributed by atoms with Crippen LogP contribution in [0.5, 0.6) is 0 Å². The van der Waals surface area contributed by atoms with Crippen molar-refractivity contribution in [3.05, 3.63) is 46.3 Å². The summed E-state index contributed by atoms with van der Waals surface area (Å²) in [7, 11) is 0. The minimum Gasteiger partial charge on any atom is -0.477 e. The van der Waals surface area contributed by atoms with Gasteiger partial charge in [-0.2, -0.15) is 0 Å². The maximum absolute atomic E-state index is 12.1. The first-order chi connectivity index (χ1) is 10.9. The number of nitrogens with one attached hydrogen (secondary N) is 2. The smallest absolute Gasteiger partial charge is 0.347 e. The summed E-state index contributed by atoms with van der Waals surface area (Å²) in [6.45, 7) is 0. The van der Waals surface area contributed by atoms with Crippen LogP contribution in [-0.4, -0.2) is 34.3 Å². The molecule has 1 aliphatic rings. The fourth-order valence-electron chi connectivity index (χ4n) is 1.85. The van der Waals surface area contributed by atoms with E-state index >= 15 is 0 Å². The van der Waals surface area contributed by atoms with Crippen LogP contribution in [0.2, 0.25) is 0 Å². The molecule has 0 spiro atoms. The van der Waals surface area contributed by atoms with E-state index in [1.807, 2.05) is 0 Å². The number of hydrogen-bond acceptors (Lipinski definition) is 5. The van der Waals surface area contributed by atoms with Crippen molar-refractivity contribution in [2.45, 2.75) is 17.5 Å². The zero-order chi connectivity index (χ0) is 17.0. The number of benzene rings is 1. The quantitative estimate of drug-likeness (QED) is 0.436. The first kappa shape index (κ1) is 17.3. The molecule has 9 heteroatoms. The molecule has 1 heterocycles. The average Bonchev–Trinajstić information content (AvgIpc) is 2.55. The van der Waals surface area contributed by atoms with Crippen molar-refractivity contribution < 1.29 is 19.5 Å². The van der Waals surface area contributed by atoms with Crippen LogP contribution in [0, 0.1) is 0 Å². The minimum atomic E-state index is -1.27. The summed E-state index contributed by atoms with van der Waals surface area (Å²) in [4.78, 5) is 34.3. The highest BCUT2D eigenvalue weighted by Crippen LogP contribution is 2.24.